The lowest BCUT2D eigenvalue weighted by molar-refractivity contribution is -0.132. The summed E-state index contributed by atoms with van der Waals surface area (Å²) < 4.78 is 5.16. The van der Waals surface area contributed by atoms with Gasteiger partial charge in [0.1, 0.15) is 5.75 Å². The molecule has 0 atom stereocenters. The Bertz CT molecular complexity index is 508. The van der Waals surface area contributed by atoms with Crippen molar-refractivity contribution in [1.82, 2.24) is 4.90 Å². The van der Waals surface area contributed by atoms with Gasteiger partial charge in [-0.2, -0.15) is 0 Å². The second-order valence-electron chi connectivity index (χ2n) is 4.17. The molecular formula is C14H17NO4. The number of benzene rings is 1. The third kappa shape index (κ3) is 4.46. The number of ether oxygens (including phenoxy) is 1. The van der Waals surface area contributed by atoms with Crippen LogP contribution < -0.4 is 4.74 Å². The molecule has 0 bridgehead atoms. The van der Waals surface area contributed by atoms with Crippen LogP contribution in [-0.4, -0.2) is 36.0 Å². The van der Waals surface area contributed by atoms with Crippen LogP contribution in [0.15, 0.2) is 30.4 Å². The Morgan fingerprint density at radius 1 is 1.37 bits per heavy atom. The zero-order chi connectivity index (χ0) is 14.4. The molecule has 1 amide bonds. The lowest BCUT2D eigenvalue weighted by Gasteiger charge is -2.16. The quantitative estimate of drug-likeness (QED) is 0.819. The maximum atomic E-state index is 11.6. The van der Waals surface area contributed by atoms with Gasteiger partial charge in [-0.1, -0.05) is 12.1 Å². The second kappa shape index (κ2) is 6.58. The van der Waals surface area contributed by atoms with Gasteiger partial charge in [-0.15, -0.1) is 0 Å². The number of nitrogens with zero attached hydrogens (tertiary/aromatic N) is 1. The molecule has 0 saturated heterocycles. The maximum Gasteiger partial charge on any atom is 0.328 e. The fourth-order valence-corrected chi connectivity index (χ4v) is 1.66. The number of aliphatic carboxylic acids is 1. The smallest absolute Gasteiger partial charge is 0.328 e. The van der Waals surface area contributed by atoms with Crippen molar-refractivity contribution in [2.75, 3.05) is 14.2 Å². The summed E-state index contributed by atoms with van der Waals surface area (Å²) in [6.07, 6.45) is 1.87. The summed E-state index contributed by atoms with van der Waals surface area (Å²) in [6.45, 7) is 2.34. The fraction of sp³-hybridized carbons (Fsp3) is 0.286. The Hall–Kier alpha value is -2.30. The van der Waals surface area contributed by atoms with Gasteiger partial charge >= 0.3 is 5.97 Å². The predicted octanol–water partition coefficient (Wildman–Crippen LogP) is 1.60. The van der Waals surface area contributed by atoms with Crippen LogP contribution in [0.5, 0.6) is 5.75 Å². The van der Waals surface area contributed by atoms with E-state index in [9.17, 15) is 9.59 Å². The van der Waals surface area contributed by atoms with Gasteiger partial charge in [0.05, 0.1) is 7.11 Å². The molecule has 5 heteroatoms. The first kappa shape index (κ1) is 14.8. The number of likely N-dealkylation sites (N-methyl/N-ethyl adjacent to an activating group) is 1. The summed E-state index contributed by atoms with van der Waals surface area (Å²) in [5.74, 6) is -0.693. The lowest BCUT2D eigenvalue weighted by atomic mass is 10.1. The average Bonchev–Trinajstić information content (AvgIpc) is 2.36. The Balaban J connectivity index is 2.71. The number of carboxylic acids is 1. The van der Waals surface area contributed by atoms with Gasteiger partial charge in [0, 0.05) is 25.7 Å². The van der Waals surface area contributed by atoms with Gasteiger partial charge in [-0.3, -0.25) is 4.79 Å². The minimum Gasteiger partial charge on any atom is -0.496 e. The highest BCUT2D eigenvalue weighted by Gasteiger charge is 2.07. The van der Waals surface area contributed by atoms with Crippen LogP contribution in [0.2, 0.25) is 0 Å². The number of methoxy groups -OCH3 is 1. The molecule has 19 heavy (non-hydrogen) atoms. The number of carbonyl (C=O) groups excluding carboxylic acids is 1. The van der Waals surface area contributed by atoms with Crippen molar-refractivity contribution in [2.24, 2.45) is 0 Å². The van der Waals surface area contributed by atoms with Gasteiger partial charge in [0.15, 0.2) is 0 Å². The van der Waals surface area contributed by atoms with Gasteiger partial charge < -0.3 is 14.7 Å². The third-order valence-corrected chi connectivity index (χ3v) is 2.62. The Morgan fingerprint density at radius 3 is 2.58 bits per heavy atom. The highest BCUT2D eigenvalue weighted by molar-refractivity contribution is 5.93. The highest BCUT2D eigenvalue weighted by atomic mass is 16.5. The van der Waals surface area contributed by atoms with E-state index in [2.05, 4.69) is 0 Å². The van der Waals surface area contributed by atoms with Gasteiger partial charge in [-0.25, -0.2) is 4.79 Å². The van der Waals surface area contributed by atoms with Gasteiger partial charge in [0.2, 0.25) is 5.91 Å². The predicted molar refractivity (Wildman–Crippen MR) is 71.0 cm³/mol. The Morgan fingerprint density at radius 2 is 2.05 bits per heavy atom. The van der Waals surface area contributed by atoms with E-state index < -0.39 is 5.97 Å². The van der Waals surface area contributed by atoms with E-state index in [1.165, 1.54) is 4.90 Å². The SMILES string of the molecule is COc1ccc(CN(C)C(=O)/C=C/C(=O)O)cc1C. The summed E-state index contributed by atoms with van der Waals surface area (Å²) in [5, 5.41) is 8.46. The van der Waals surface area contributed by atoms with Crippen molar-refractivity contribution in [3.8, 4) is 5.75 Å². The van der Waals surface area contributed by atoms with E-state index >= 15 is 0 Å². The van der Waals surface area contributed by atoms with Crippen molar-refractivity contribution < 1.29 is 19.4 Å². The summed E-state index contributed by atoms with van der Waals surface area (Å²) in [6, 6.07) is 5.65. The van der Waals surface area contributed by atoms with E-state index in [1.54, 1.807) is 14.2 Å². The minimum absolute atomic E-state index is 0.351. The minimum atomic E-state index is -1.14. The topological polar surface area (TPSA) is 66.8 Å². The van der Waals surface area contributed by atoms with Crippen LogP contribution in [0.3, 0.4) is 0 Å². The van der Waals surface area contributed by atoms with Crippen molar-refractivity contribution in [3.63, 3.8) is 0 Å². The van der Waals surface area contributed by atoms with Crippen molar-refractivity contribution in [2.45, 2.75) is 13.5 Å². The molecule has 0 unspecified atom stereocenters. The molecule has 0 spiro atoms. The van der Waals surface area contributed by atoms with Gasteiger partial charge in [0.25, 0.3) is 0 Å². The number of rotatable bonds is 5. The van der Waals surface area contributed by atoms with Crippen LogP contribution in [-0.2, 0) is 16.1 Å². The maximum absolute atomic E-state index is 11.6. The standard InChI is InChI=1S/C14H17NO4/c1-10-8-11(4-5-12(10)19-3)9-15(2)13(16)6-7-14(17)18/h4-8H,9H2,1-3H3,(H,17,18)/b7-6+. The molecular weight excluding hydrogens is 246 g/mol. The normalized spacial score (nSPS) is 10.5. The van der Waals surface area contributed by atoms with Gasteiger partial charge in [-0.05, 0) is 24.1 Å². The van der Waals surface area contributed by atoms with Crippen LogP contribution in [0.1, 0.15) is 11.1 Å². The number of hydrogen-bond acceptors (Lipinski definition) is 3. The number of carbonyl (C=O) groups is 2. The van der Waals surface area contributed by atoms with Crippen LogP contribution >= 0.6 is 0 Å². The Kier molecular flexibility index (Phi) is 5.11. The molecule has 0 fully saturated rings. The first-order valence-electron chi connectivity index (χ1n) is 5.73. The molecule has 1 aromatic carbocycles. The monoisotopic (exact) mass is 263 g/mol. The molecule has 0 saturated carbocycles. The fourth-order valence-electron chi connectivity index (χ4n) is 1.66. The summed E-state index contributed by atoms with van der Waals surface area (Å²) in [5.41, 5.74) is 1.94. The van der Waals surface area contributed by atoms with Crippen molar-refractivity contribution in [1.29, 1.82) is 0 Å². The number of aryl methyl sites for hydroxylation is 1. The van der Waals surface area contributed by atoms with Crippen LogP contribution in [0.25, 0.3) is 0 Å². The zero-order valence-electron chi connectivity index (χ0n) is 11.2. The molecule has 0 aromatic heterocycles. The van der Waals surface area contributed by atoms with E-state index in [1.807, 2.05) is 25.1 Å². The highest BCUT2D eigenvalue weighted by Crippen LogP contribution is 2.19. The molecule has 0 aliphatic rings. The molecule has 1 aromatic rings. The molecule has 1 rings (SSSR count). The van der Waals surface area contributed by atoms with E-state index in [-0.39, 0.29) is 5.91 Å². The first-order valence-corrected chi connectivity index (χ1v) is 5.73. The average molecular weight is 263 g/mol. The molecule has 0 radical (unpaired) electrons. The second-order valence-corrected chi connectivity index (χ2v) is 4.17. The number of amides is 1. The summed E-state index contributed by atoms with van der Waals surface area (Å²) in [7, 11) is 3.22. The van der Waals surface area contributed by atoms with Crippen molar-refractivity contribution >= 4 is 11.9 Å². The van der Waals surface area contributed by atoms with E-state index in [0.717, 1.165) is 29.0 Å². The van der Waals surface area contributed by atoms with Crippen LogP contribution in [0, 0.1) is 6.92 Å². The zero-order valence-corrected chi connectivity index (χ0v) is 11.2. The Labute approximate surface area is 112 Å². The lowest BCUT2D eigenvalue weighted by Crippen LogP contribution is -2.24. The van der Waals surface area contributed by atoms with E-state index in [4.69, 9.17) is 9.84 Å². The molecule has 0 aliphatic carbocycles. The van der Waals surface area contributed by atoms with Crippen LogP contribution in [0.4, 0.5) is 0 Å². The summed E-state index contributed by atoms with van der Waals surface area (Å²) >= 11 is 0. The first-order chi connectivity index (χ1) is 8.93. The number of carboxylic acid groups (broad SMARTS) is 1. The molecule has 102 valence electrons. The van der Waals surface area contributed by atoms with Crippen molar-refractivity contribution in [3.05, 3.63) is 41.5 Å². The number of hydrogen-bond donors (Lipinski definition) is 1. The molecule has 0 heterocycles. The third-order valence-electron chi connectivity index (χ3n) is 2.62. The largest absolute Gasteiger partial charge is 0.496 e. The molecule has 0 aliphatic heterocycles. The van der Waals surface area contributed by atoms with E-state index in [0.29, 0.717) is 6.54 Å². The molecule has 5 nitrogen and oxygen atoms in total. The summed E-state index contributed by atoms with van der Waals surface area (Å²) in [4.78, 5) is 23.4. The molecule has 1 N–H and O–H groups in total.